The first-order valence-electron chi connectivity index (χ1n) is 14.5. The lowest BCUT2D eigenvalue weighted by Gasteiger charge is -2.44. The molecule has 0 atom stereocenters. The van der Waals surface area contributed by atoms with Crippen LogP contribution < -0.4 is 15.0 Å². The van der Waals surface area contributed by atoms with E-state index in [2.05, 4.69) is 32.2 Å². The van der Waals surface area contributed by atoms with Crippen molar-refractivity contribution in [1.82, 2.24) is 5.32 Å². The summed E-state index contributed by atoms with van der Waals surface area (Å²) in [5, 5.41) is 3.41. The number of amides is 1. The summed E-state index contributed by atoms with van der Waals surface area (Å²) in [6, 6.07) is 8.84. The molecule has 0 radical (unpaired) electrons. The van der Waals surface area contributed by atoms with Crippen LogP contribution >= 0.6 is 0 Å². The first-order valence-corrected chi connectivity index (χ1v) is 14.5. The topological polar surface area (TPSA) is 41.6 Å². The van der Waals surface area contributed by atoms with Crippen LogP contribution in [0.5, 0.6) is 5.75 Å². The van der Waals surface area contributed by atoms with E-state index < -0.39 is 11.7 Å². The molecule has 6 rings (SSSR count). The minimum absolute atomic E-state index is 0.0214. The van der Waals surface area contributed by atoms with Gasteiger partial charge in [0, 0.05) is 29.4 Å². The number of fused-ring (bicyclic) bond motifs is 1. The van der Waals surface area contributed by atoms with Crippen LogP contribution in [-0.2, 0) is 24.7 Å². The van der Waals surface area contributed by atoms with Gasteiger partial charge in [-0.3, -0.25) is 4.79 Å². The van der Waals surface area contributed by atoms with Gasteiger partial charge in [0.1, 0.15) is 5.75 Å². The number of rotatable bonds is 7. The number of anilines is 1. The SMILES string of the molecule is CC1(NCc2cc3c(c(C(F)(F)F)c2)CN(c2cc(OC4CCCC4)cc([C@]4(C)C[C@H](C)C4)c2)C3=O)CCC1. The molecule has 4 aliphatic rings. The molecule has 2 aromatic carbocycles. The number of halogens is 3. The van der Waals surface area contributed by atoms with Crippen LogP contribution in [0, 0.1) is 5.92 Å². The zero-order valence-corrected chi connectivity index (χ0v) is 23.2. The number of ether oxygens (including phenoxy) is 1. The summed E-state index contributed by atoms with van der Waals surface area (Å²) in [4.78, 5) is 15.3. The average Bonchev–Trinajstić information content (AvgIpc) is 3.47. The van der Waals surface area contributed by atoms with Gasteiger partial charge in [0.25, 0.3) is 5.91 Å². The highest BCUT2D eigenvalue weighted by Gasteiger charge is 2.43. The maximum Gasteiger partial charge on any atom is 0.416 e. The van der Waals surface area contributed by atoms with E-state index in [1.807, 2.05) is 12.1 Å². The number of carbonyl (C=O) groups excluding carboxylic acids is 1. The van der Waals surface area contributed by atoms with Crippen molar-refractivity contribution in [2.75, 3.05) is 4.90 Å². The molecule has 0 saturated heterocycles. The van der Waals surface area contributed by atoms with Crippen molar-refractivity contribution in [3.05, 3.63) is 58.1 Å². The van der Waals surface area contributed by atoms with Gasteiger partial charge >= 0.3 is 6.18 Å². The molecule has 3 fully saturated rings. The van der Waals surface area contributed by atoms with Gasteiger partial charge in [0.15, 0.2) is 0 Å². The summed E-state index contributed by atoms with van der Waals surface area (Å²) in [7, 11) is 0. The summed E-state index contributed by atoms with van der Waals surface area (Å²) in [6.07, 6.45) is 5.14. The Bertz CT molecular complexity index is 1270. The zero-order valence-electron chi connectivity index (χ0n) is 23.2. The molecular formula is C32H39F3N2O2. The normalized spacial score (nSPS) is 26.4. The molecule has 4 nitrogen and oxygen atoms in total. The quantitative estimate of drug-likeness (QED) is 0.388. The van der Waals surface area contributed by atoms with Crippen LogP contribution in [0.25, 0.3) is 0 Å². The van der Waals surface area contributed by atoms with Crippen molar-refractivity contribution in [3.63, 3.8) is 0 Å². The smallest absolute Gasteiger partial charge is 0.416 e. The fourth-order valence-electron chi connectivity index (χ4n) is 7.30. The van der Waals surface area contributed by atoms with E-state index in [0.717, 1.165) is 63.4 Å². The Morgan fingerprint density at radius 1 is 1.03 bits per heavy atom. The predicted molar refractivity (Wildman–Crippen MR) is 146 cm³/mol. The van der Waals surface area contributed by atoms with Gasteiger partial charge in [0.2, 0.25) is 0 Å². The molecule has 39 heavy (non-hydrogen) atoms. The van der Waals surface area contributed by atoms with Gasteiger partial charge in [-0.25, -0.2) is 0 Å². The Morgan fingerprint density at radius 2 is 1.74 bits per heavy atom. The molecule has 1 N–H and O–H groups in total. The monoisotopic (exact) mass is 540 g/mol. The second-order valence-electron chi connectivity index (χ2n) is 13.1. The van der Waals surface area contributed by atoms with E-state index in [9.17, 15) is 18.0 Å². The van der Waals surface area contributed by atoms with Gasteiger partial charge in [-0.2, -0.15) is 13.2 Å². The van der Waals surface area contributed by atoms with E-state index >= 15 is 0 Å². The van der Waals surface area contributed by atoms with E-state index in [-0.39, 0.29) is 40.6 Å². The number of hydrogen-bond acceptors (Lipinski definition) is 3. The van der Waals surface area contributed by atoms with Crippen LogP contribution in [0.1, 0.15) is 111 Å². The fourth-order valence-corrected chi connectivity index (χ4v) is 7.30. The van der Waals surface area contributed by atoms with E-state index in [0.29, 0.717) is 29.5 Å². The van der Waals surface area contributed by atoms with Crippen molar-refractivity contribution in [2.24, 2.45) is 5.92 Å². The van der Waals surface area contributed by atoms with Crippen LogP contribution in [0.2, 0.25) is 0 Å². The summed E-state index contributed by atoms with van der Waals surface area (Å²) >= 11 is 0. The molecule has 1 amide bonds. The van der Waals surface area contributed by atoms with Crippen LogP contribution in [0.4, 0.5) is 18.9 Å². The molecule has 0 aromatic heterocycles. The third-order valence-electron chi connectivity index (χ3n) is 9.69. The van der Waals surface area contributed by atoms with E-state index in [4.69, 9.17) is 4.74 Å². The molecular weight excluding hydrogens is 501 g/mol. The average molecular weight is 541 g/mol. The molecule has 1 heterocycles. The number of benzene rings is 2. The van der Waals surface area contributed by atoms with Crippen molar-refractivity contribution in [3.8, 4) is 5.75 Å². The van der Waals surface area contributed by atoms with Crippen molar-refractivity contribution < 1.29 is 22.7 Å². The van der Waals surface area contributed by atoms with E-state index in [1.54, 1.807) is 6.07 Å². The maximum atomic E-state index is 14.3. The first-order chi connectivity index (χ1) is 18.4. The number of nitrogens with zero attached hydrogens (tertiary/aromatic N) is 1. The molecule has 0 bridgehead atoms. The largest absolute Gasteiger partial charge is 0.490 e. The van der Waals surface area contributed by atoms with Crippen molar-refractivity contribution in [2.45, 2.75) is 115 Å². The second kappa shape index (κ2) is 9.53. The first kappa shape index (κ1) is 26.7. The lowest BCUT2D eigenvalue weighted by molar-refractivity contribution is -0.138. The molecule has 1 aliphatic heterocycles. The van der Waals surface area contributed by atoms with Crippen molar-refractivity contribution >= 4 is 11.6 Å². The third kappa shape index (κ3) is 5.07. The Hall–Kier alpha value is -2.54. The molecule has 7 heteroatoms. The molecule has 3 aliphatic carbocycles. The zero-order chi connectivity index (χ0) is 27.6. The predicted octanol–water partition coefficient (Wildman–Crippen LogP) is 7.91. The maximum absolute atomic E-state index is 14.3. The van der Waals surface area contributed by atoms with Crippen molar-refractivity contribution in [1.29, 1.82) is 0 Å². The highest BCUT2D eigenvalue weighted by molar-refractivity contribution is 6.10. The van der Waals surface area contributed by atoms with Gasteiger partial charge in [-0.15, -0.1) is 0 Å². The van der Waals surface area contributed by atoms with Crippen LogP contribution in [-0.4, -0.2) is 17.6 Å². The number of carbonyl (C=O) groups is 1. The van der Waals surface area contributed by atoms with Gasteiger partial charge in [0.05, 0.1) is 18.2 Å². The Labute approximate surface area is 229 Å². The summed E-state index contributed by atoms with van der Waals surface area (Å²) < 4.78 is 49.2. The highest BCUT2D eigenvalue weighted by atomic mass is 19.4. The lowest BCUT2D eigenvalue weighted by Crippen LogP contribution is -2.47. The summed E-state index contributed by atoms with van der Waals surface area (Å²) in [6.45, 7) is 6.79. The molecule has 210 valence electrons. The number of nitrogens with one attached hydrogen (secondary N) is 1. The van der Waals surface area contributed by atoms with Gasteiger partial charge < -0.3 is 15.0 Å². The Kier molecular flexibility index (Phi) is 6.52. The Balaban J connectivity index is 1.34. The summed E-state index contributed by atoms with van der Waals surface area (Å²) in [5.41, 5.74) is 1.68. The molecule has 2 aromatic rings. The highest BCUT2D eigenvalue weighted by Crippen LogP contribution is 2.49. The van der Waals surface area contributed by atoms with Crippen LogP contribution in [0.15, 0.2) is 30.3 Å². The fraction of sp³-hybridized carbons (Fsp3) is 0.594. The second-order valence-corrected chi connectivity index (χ2v) is 13.1. The minimum Gasteiger partial charge on any atom is -0.490 e. The number of hydrogen-bond donors (Lipinski definition) is 1. The minimum atomic E-state index is -4.54. The van der Waals surface area contributed by atoms with Crippen LogP contribution in [0.3, 0.4) is 0 Å². The number of alkyl halides is 3. The molecule has 3 saturated carbocycles. The Morgan fingerprint density at radius 3 is 2.36 bits per heavy atom. The van der Waals surface area contributed by atoms with Gasteiger partial charge in [-0.1, -0.05) is 13.8 Å². The molecule has 0 spiro atoms. The third-order valence-corrected chi connectivity index (χ3v) is 9.69. The summed E-state index contributed by atoms with van der Waals surface area (Å²) in [5.74, 6) is 0.969. The van der Waals surface area contributed by atoms with E-state index in [1.165, 1.54) is 11.0 Å². The van der Waals surface area contributed by atoms with Gasteiger partial charge in [-0.05, 0) is 117 Å². The standard InChI is InChI=1S/C32H39F3N2O2/c1-20-16-30(2,17-20)22-13-23(15-25(14-22)39-24-7-4-5-8-24)37-19-27-26(29(37)38)11-21(12-28(27)32(33,34)35)18-36-31(3)9-6-10-31/h11-15,20,24,36H,4-10,16-19H2,1-3H3/t20-,30+. The lowest BCUT2D eigenvalue weighted by atomic mass is 9.60. The molecule has 0 unspecified atom stereocenters.